The van der Waals surface area contributed by atoms with Crippen LogP contribution in [0, 0.1) is 13.8 Å². The minimum Gasteiger partial charge on any atom is -0.465 e. The minimum absolute atomic E-state index is 0.0139. The Bertz CT molecular complexity index is 1390. The monoisotopic (exact) mass is 460 g/mol. The third-order valence-corrected chi connectivity index (χ3v) is 6.19. The van der Waals surface area contributed by atoms with Crippen LogP contribution in [0.2, 0.25) is 0 Å². The van der Waals surface area contributed by atoms with E-state index >= 15 is 0 Å². The SMILES string of the molecule is CCOC(=O)Cn1c(=NC(=O)c2cccc(Oc3ccccc3)c2)sc2c(C)cc(C)cc21. The molecule has 0 aliphatic heterocycles. The number of aromatic nitrogens is 1. The Morgan fingerprint density at radius 1 is 0.970 bits per heavy atom. The Balaban J connectivity index is 1.73. The van der Waals surface area contributed by atoms with E-state index in [1.54, 1.807) is 35.8 Å². The Morgan fingerprint density at radius 3 is 2.48 bits per heavy atom. The first-order valence-electron chi connectivity index (χ1n) is 10.6. The fraction of sp³-hybridized carbons (Fsp3) is 0.192. The zero-order chi connectivity index (χ0) is 23.4. The summed E-state index contributed by atoms with van der Waals surface area (Å²) in [4.78, 5) is 30.2. The van der Waals surface area contributed by atoms with Gasteiger partial charge in [-0.1, -0.05) is 41.7 Å². The average Bonchev–Trinajstić information content (AvgIpc) is 3.12. The summed E-state index contributed by atoms with van der Waals surface area (Å²) in [6.45, 7) is 6.05. The average molecular weight is 461 g/mol. The van der Waals surface area contributed by atoms with Crippen LogP contribution in [0.25, 0.3) is 10.2 Å². The van der Waals surface area contributed by atoms with Gasteiger partial charge in [0.2, 0.25) is 0 Å². The Hall–Kier alpha value is -3.71. The molecule has 0 atom stereocenters. The molecule has 0 spiro atoms. The Morgan fingerprint density at radius 2 is 1.73 bits per heavy atom. The number of esters is 1. The van der Waals surface area contributed by atoms with Gasteiger partial charge in [-0.2, -0.15) is 4.99 Å². The van der Waals surface area contributed by atoms with Crippen molar-refractivity contribution in [2.45, 2.75) is 27.3 Å². The molecule has 0 radical (unpaired) electrons. The zero-order valence-electron chi connectivity index (χ0n) is 18.7. The number of benzene rings is 3. The molecule has 0 bridgehead atoms. The maximum Gasteiger partial charge on any atom is 0.326 e. The molecule has 0 aliphatic rings. The van der Waals surface area contributed by atoms with Gasteiger partial charge in [-0.25, -0.2) is 0 Å². The van der Waals surface area contributed by atoms with Crippen LogP contribution in [-0.2, 0) is 16.1 Å². The normalized spacial score (nSPS) is 11.5. The van der Waals surface area contributed by atoms with Crippen molar-refractivity contribution >= 4 is 33.4 Å². The maximum absolute atomic E-state index is 13.1. The molecule has 1 amide bonds. The molecule has 6 nitrogen and oxygen atoms in total. The highest BCUT2D eigenvalue weighted by Gasteiger charge is 2.15. The highest BCUT2D eigenvalue weighted by molar-refractivity contribution is 7.16. The molecule has 4 aromatic rings. The highest BCUT2D eigenvalue weighted by atomic mass is 32.1. The van der Waals surface area contributed by atoms with Gasteiger partial charge < -0.3 is 14.0 Å². The van der Waals surface area contributed by atoms with E-state index < -0.39 is 5.91 Å². The number of hydrogen-bond donors (Lipinski definition) is 0. The van der Waals surface area contributed by atoms with Crippen molar-refractivity contribution in [3.8, 4) is 11.5 Å². The fourth-order valence-corrected chi connectivity index (χ4v) is 4.63. The van der Waals surface area contributed by atoms with Crippen molar-refractivity contribution in [1.29, 1.82) is 0 Å². The van der Waals surface area contributed by atoms with Crippen molar-refractivity contribution in [1.82, 2.24) is 4.57 Å². The van der Waals surface area contributed by atoms with E-state index in [1.165, 1.54) is 11.3 Å². The van der Waals surface area contributed by atoms with Crippen LogP contribution in [0.4, 0.5) is 0 Å². The lowest BCUT2D eigenvalue weighted by Crippen LogP contribution is -2.23. The molecule has 0 saturated heterocycles. The molecule has 0 aliphatic carbocycles. The molecule has 7 heteroatoms. The summed E-state index contributed by atoms with van der Waals surface area (Å²) in [7, 11) is 0. The van der Waals surface area contributed by atoms with Crippen molar-refractivity contribution < 1.29 is 19.1 Å². The summed E-state index contributed by atoms with van der Waals surface area (Å²) in [6.07, 6.45) is 0. The second kappa shape index (κ2) is 9.83. The van der Waals surface area contributed by atoms with Crippen LogP contribution in [0.15, 0.2) is 71.7 Å². The van der Waals surface area contributed by atoms with Gasteiger partial charge in [-0.05, 0) is 68.3 Å². The van der Waals surface area contributed by atoms with Gasteiger partial charge in [0.05, 0.1) is 16.8 Å². The molecular weight excluding hydrogens is 436 g/mol. The topological polar surface area (TPSA) is 69.9 Å². The number of aryl methyl sites for hydroxylation is 2. The quantitative estimate of drug-likeness (QED) is 0.361. The molecule has 0 unspecified atom stereocenters. The summed E-state index contributed by atoms with van der Waals surface area (Å²) < 4.78 is 13.7. The van der Waals surface area contributed by atoms with Gasteiger partial charge in [0.25, 0.3) is 5.91 Å². The van der Waals surface area contributed by atoms with Gasteiger partial charge in [0.1, 0.15) is 18.0 Å². The molecule has 1 aromatic heterocycles. The smallest absolute Gasteiger partial charge is 0.326 e. The first kappa shape index (κ1) is 22.5. The van der Waals surface area contributed by atoms with E-state index in [0.717, 1.165) is 21.3 Å². The van der Waals surface area contributed by atoms with Crippen LogP contribution in [0.1, 0.15) is 28.4 Å². The van der Waals surface area contributed by atoms with E-state index in [4.69, 9.17) is 9.47 Å². The fourth-order valence-electron chi connectivity index (χ4n) is 3.55. The molecule has 168 valence electrons. The van der Waals surface area contributed by atoms with Crippen molar-refractivity contribution in [3.63, 3.8) is 0 Å². The summed E-state index contributed by atoms with van der Waals surface area (Å²) in [5.41, 5.74) is 3.40. The number of carbonyl (C=O) groups excluding carboxylic acids is 2. The number of rotatable bonds is 6. The van der Waals surface area contributed by atoms with Gasteiger partial charge in [-0.15, -0.1) is 0 Å². The molecule has 0 fully saturated rings. The molecule has 33 heavy (non-hydrogen) atoms. The van der Waals surface area contributed by atoms with Crippen molar-refractivity contribution in [2.75, 3.05) is 6.61 Å². The Labute approximate surface area is 195 Å². The van der Waals surface area contributed by atoms with Gasteiger partial charge >= 0.3 is 5.97 Å². The van der Waals surface area contributed by atoms with Crippen LogP contribution >= 0.6 is 11.3 Å². The van der Waals surface area contributed by atoms with E-state index in [-0.39, 0.29) is 12.5 Å². The molecule has 0 saturated carbocycles. The molecular formula is C26H24N2O4S. The van der Waals surface area contributed by atoms with Crippen LogP contribution in [0.3, 0.4) is 0 Å². The van der Waals surface area contributed by atoms with Crippen LogP contribution in [0.5, 0.6) is 11.5 Å². The number of nitrogens with zero attached hydrogens (tertiary/aromatic N) is 2. The standard InChI is InChI=1S/C26H24N2O4S/c1-4-31-23(29)16-28-22-14-17(2)13-18(3)24(22)33-26(28)27-25(30)19-9-8-12-21(15-19)32-20-10-6-5-7-11-20/h5-15H,4,16H2,1-3H3. The predicted octanol–water partition coefficient (Wildman–Crippen LogP) is 5.42. The lowest BCUT2D eigenvalue weighted by molar-refractivity contribution is -0.143. The Kier molecular flexibility index (Phi) is 6.70. The summed E-state index contributed by atoms with van der Waals surface area (Å²) in [6, 6.07) is 20.3. The lowest BCUT2D eigenvalue weighted by atomic mass is 10.1. The summed E-state index contributed by atoms with van der Waals surface area (Å²) >= 11 is 1.39. The van der Waals surface area contributed by atoms with E-state index in [2.05, 4.69) is 11.1 Å². The lowest BCUT2D eigenvalue weighted by Gasteiger charge is -2.07. The summed E-state index contributed by atoms with van der Waals surface area (Å²) in [5, 5.41) is 0. The molecule has 3 aromatic carbocycles. The second-order valence-electron chi connectivity index (χ2n) is 7.57. The first-order valence-corrected chi connectivity index (χ1v) is 11.4. The molecule has 1 heterocycles. The second-order valence-corrected chi connectivity index (χ2v) is 8.54. The number of hydrogen-bond acceptors (Lipinski definition) is 5. The van der Waals surface area contributed by atoms with E-state index in [1.807, 2.05) is 50.2 Å². The number of amides is 1. The van der Waals surface area contributed by atoms with Crippen LogP contribution in [-0.4, -0.2) is 23.1 Å². The van der Waals surface area contributed by atoms with Crippen molar-refractivity contribution in [2.24, 2.45) is 4.99 Å². The zero-order valence-corrected chi connectivity index (χ0v) is 19.5. The number of ether oxygens (including phenoxy) is 2. The van der Waals surface area contributed by atoms with Gasteiger partial charge in [-0.3, -0.25) is 9.59 Å². The minimum atomic E-state index is -0.410. The van der Waals surface area contributed by atoms with E-state index in [0.29, 0.717) is 28.5 Å². The molecule has 4 rings (SSSR count). The predicted molar refractivity (Wildman–Crippen MR) is 129 cm³/mol. The van der Waals surface area contributed by atoms with E-state index in [9.17, 15) is 9.59 Å². The number of carbonyl (C=O) groups is 2. The summed E-state index contributed by atoms with van der Waals surface area (Å²) in [5.74, 6) is 0.446. The third kappa shape index (κ3) is 5.21. The van der Waals surface area contributed by atoms with Crippen molar-refractivity contribution in [3.05, 3.63) is 88.2 Å². The number of fused-ring (bicyclic) bond motifs is 1. The number of thiazole rings is 1. The maximum atomic E-state index is 13.1. The van der Waals surface area contributed by atoms with Gasteiger partial charge in [0, 0.05) is 5.56 Å². The first-order chi connectivity index (χ1) is 15.9. The molecule has 0 N–H and O–H groups in total. The largest absolute Gasteiger partial charge is 0.465 e. The van der Waals surface area contributed by atoms with Gasteiger partial charge in [0.15, 0.2) is 4.80 Å². The number of para-hydroxylation sites is 1. The third-order valence-electron chi connectivity index (χ3n) is 4.96. The van der Waals surface area contributed by atoms with Crippen LogP contribution < -0.4 is 9.54 Å². The highest BCUT2D eigenvalue weighted by Crippen LogP contribution is 2.24.